The van der Waals surface area contributed by atoms with Crippen LogP contribution < -0.4 is 15.8 Å². The van der Waals surface area contributed by atoms with Gasteiger partial charge in [-0.15, -0.1) is 11.6 Å². The first-order chi connectivity index (χ1) is 11.5. The number of carbonyl (C=O) groups excluding carboxylic acids is 1. The average molecular weight is 394 g/mol. The number of nitrogens with zero attached hydrogens (tertiary/aromatic N) is 1. The molecule has 0 spiro atoms. The molecule has 2 atom stereocenters. The van der Waals surface area contributed by atoms with Crippen LogP contribution in [0.15, 0.2) is 12.1 Å². The highest BCUT2D eigenvalue weighted by atomic mass is 35.5. The summed E-state index contributed by atoms with van der Waals surface area (Å²) < 4.78 is 10.8. The molecule has 142 valence electrons. The molecule has 0 aliphatic carbocycles. The minimum absolute atomic E-state index is 0. The number of anilines is 1. The molecule has 1 aliphatic rings. The third-order valence-corrected chi connectivity index (χ3v) is 4.72. The van der Waals surface area contributed by atoms with Crippen molar-refractivity contribution in [3.05, 3.63) is 22.7 Å². The van der Waals surface area contributed by atoms with Crippen LogP contribution in [-0.2, 0) is 4.74 Å². The van der Waals surface area contributed by atoms with E-state index in [1.807, 2.05) is 0 Å². The summed E-state index contributed by atoms with van der Waals surface area (Å²) >= 11 is 11.8. The molecular weight excluding hydrogens is 369 g/mol. The number of hydrogen-bond donors (Lipinski definition) is 2. The molecule has 2 rings (SSSR count). The Hall–Kier alpha value is -1.25. The molecule has 1 aliphatic heterocycles. The first-order valence-electron chi connectivity index (χ1n) is 7.75. The zero-order chi connectivity index (χ0) is 17.7. The number of carbonyl (C=O) groups is 1. The van der Waals surface area contributed by atoms with Gasteiger partial charge in [-0.2, -0.15) is 0 Å². The van der Waals surface area contributed by atoms with Gasteiger partial charge in [0.25, 0.3) is 5.91 Å². The Morgan fingerprint density at radius 1 is 1.44 bits per heavy atom. The highest BCUT2D eigenvalue weighted by Crippen LogP contribution is 2.29. The molecule has 25 heavy (non-hydrogen) atoms. The van der Waals surface area contributed by atoms with Crippen molar-refractivity contribution in [1.82, 2.24) is 10.2 Å². The van der Waals surface area contributed by atoms with Crippen molar-refractivity contribution in [2.45, 2.75) is 18.6 Å². The van der Waals surface area contributed by atoms with Gasteiger partial charge in [-0.25, -0.2) is 0 Å². The number of halogens is 2. The summed E-state index contributed by atoms with van der Waals surface area (Å²) in [7, 11) is 3.14. The minimum atomic E-state index is -0.258. The SMILES string of the molecule is COc1cc(N)c(Cl)cc1C(=O)N[C@H]1CCN(CCCl)C[C@H]1OC.O. The fourth-order valence-corrected chi connectivity index (χ4v) is 3.27. The molecule has 1 fully saturated rings. The number of nitrogens with one attached hydrogen (secondary N) is 1. The monoisotopic (exact) mass is 393 g/mol. The minimum Gasteiger partial charge on any atom is -0.496 e. The van der Waals surface area contributed by atoms with Crippen LogP contribution in [0, 0.1) is 0 Å². The molecule has 9 heteroatoms. The van der Waals surface area contributed by atoms with Crippen molar-refractivity contribution >= 4 is 34.8 Å². The maximum Gasteiger partial charge on any atom is 0.255 e. The summed E-state index contributed by atoms with van der Waals surface area (Å²) in [6.45, 7) is 2.40. The van der Waals surface area contributed by atoms with Gasteiger partial charge in [0.2, 0.25) is 0 Å². The molecular formula is C16H25Cl2N3O4. The number of rotatable bonds is 6. The van der Waals surface area contributed by atoms with Crippen LogP contribution in [0.1, 0.15) is 16.8 Å². The van der Waals surface area contributed by atoms with Crippen molar-refractivity contribution in [1.29, 1.82) is 0 Å². The third kappa shape index (κ3) is 5.36. The second-order valence-corrected chi connectivity index (χ2v) is 6.49. The summed E-state index contributed by atoms with van der Waals surface area (Å²) in [6, 6.07) is 2.99. The lowest BCUT2D eigenvalue weighted by molar-refractivity contribution is 0.00825. The van der Waals surface area contributed by atoms with Crippen LogP contribution in [0.5, 0.6) is 5.75 Å². The summed E-state index contributed by atoms with van der Waals surface area (Å²) in [4.78, 5) is 14.9. The van der Waals surface area contributed by atoms with E-state index in [4.69, 9.17) is 38.4 Å². The normalized spacial score (nSPS) is 20.6. The fourth-order valence-electron chi connectivity index (χ4n) is 2.87. The van der Waals surface area contributed by atoms with E-state index in [1.54, 1.807) is 13.2 Å². The molecule has 1 aromatic rings. The predicted molar refractivity (Wildman–Crippen MR) is 99.9 cm³/mol. The molecule has 1 amide bonds. The van der Waals surface area contributed by atoms with Gasteiger partial charge in [0.05, 0.1) is 35.5 Å². The van der Waals surface area contributed by atoms with Crippen LogP contribution in [0.25, 0.3) is 0 Å². The van der Waals surface area contributed by atoms with Crippen molar-refractivity contribution < 1.29 is 19.7 Å². The lowest BCUT2D eigenvalue weighted by Crippen LogP contribution is -2.55. The number of methoxy groups -OCH3 is 2. The zero-order valence-corrected chi connectivity index (χ0v) is 15.9. The zero-order valence-electron chi connectivity index (χ0n) is 14.4. The molecule has 0 unspecified atom stereocenters. The first-order valence-corrected chi connectivity index (χ1v) is 8.66. The van der Waals surface area contributed by atoms with Gasteiger partial charge in [0.1, 0.15) is 5.75 Å². The van der Waals surface area contributed by atoms with Crippen LogP contribution in [0.4, 0.5) is 5.69 Å². The van der Waals surface area contributed by atoms with E-state index in [0.717, 1.165) is 26.1 Å². The largest absolute Gasteiger partial charge is 0.496 e. The van der Waals surface area contributed by atoms with Gasteiger partial charge in [-0.1, -0.05) is 11.6 Å². The van der Waals surface area contributed by atoms with E-state index in [2.05, 4.69) is 10.2 Å². The fraction of sp³-hybridized carbons (Fsp3) is 0.562. The quantitative estimate of drug-likeness (QED) is 0.556. The lowest BCUT2D eigenvalue weighted by Gasteiger charge is -2.37. The highest BCUT2D eigenvalue weighted by Gasteiger charge is 2.31. The number of likely N-dealkylation sites (tertiary alicyclic amines) is 1. The molecule has 1 heterocycles. The van der Waals surface area contributed by atoms with E-state index < -0.39 is 0 Å². The van der Waals surface area contributed by atoms with Crippen LogP contribution in [0.3, 0.4) is 0 Å². The van der Waals surface area contributed by atoms with Crippen molar-refractivity contribution in [2.75, 3.05) is 45.5 Å². The Labute approximate surface area is 157 Å². The molecule has 5 N–H and O–H groups in total. The first kappa shape index (κ1) is 21.8. The summed E-state index contributed by atoms with van der Waals surface area (Å²) in [5.74, 6) is 0.712. The van der Waals surface area contributed by atoms with Gasteiger partial charge in [0.15, 0.2) is 0 Å². The van der Waals surface area contributed by atoms with E-state index in [9.17, 15) is 4.79 Å². The highest BCUT2D eigenvalue weighted by molar-refractivity contribution is 6.33. The molecule has 1 aromatic carbocycles. The molecule has 0 bridgehead atoms. The maximum atomic E-state index is 12.6. The van der Waals surface area contributed by atoms with Gasteiger partial charge in [-0.3, -0.25) is 9.69 Å². The number of nitrogen functional groups attached to an aromatic ring is 1. The van der Waals surface area contributed by atoms with Gasteiger partial charge >= 0.3 is 0 Å². The Kier molecular flexibility index (Phi) is 8.75. The van der Waals surface area contributed by atoms with Crippen LogP contribution in [0.2, 0.25) is 5.02 Å². The number of ether oxygens (including phenoxy) is 2. The Bertz CT molecular complexity index is 589. The van der Waals surface area contributed by atoms with Crippen molar-refractivity contribution in [3.8, 4) is 5.75 Å². The Morgan fingerprint density at radius 3 is 2.76 bits per heavy atom. The second kappa shape index (κ2) is 10.0. The maximum absolute atomic E-state index is 12.6. The number of nitrogens with two attached hydrogens (primary N) is 1. The van der Waals surface area contributed by atoms with Crippen molar-refractivity contribution in [2.24, 2.45) is 0 Å². The van der Waals surface area contributed by atoms with E-state index >= 15 is 0 Å². The lowest BCUT2D eigenvalue weighted by atomic mass is 10.0. The van der Waals surface area contributed by atoms with E-state index in [1.165, 1.54) is 13.2 Å². The standard InChI is InChI=1S/C16H23Cl2N3O3.H2O/c1-23-14-8-12(19)11(18)7-10(14)16(22)20-13-3-5-21(6-4-17)9-15(13)24-2;/h7-8,13,15H,3-6,9,19H2,1-2H3,(H,20,22);1H2/t13-,15+;/m0./s1. The summed E-state index contributed by atoms with van der Waals surface area (Å²) in [5.41, 5.74) is 6.48. The molecule has 7 nitrogen and oxygen atoms in total. The number of amides is 1. The second-order valence-electron chi connectivity index (χ2n) is 5.71. The smallest absolute Gasteiger partial charge is 0.255 e. The number of piperidine rings is 1. The Balaban J connectivity index is 0.00000312. The van der Waals surface area contributed by atoms with E-state index in [-0.39, 0.29) is 23.5 Å². The van der Waals surface area contributed by atoms with Crippen LogP contribution >= 0.6 is 23.2 Å². The van der Waals surface area contributed by atoms with Gasteiger partial charge < -0.3 is 26.0 Å². The molecule has 0 saturated carbocycles. The van der Waals surface area contributed by atoms with Gasteiger partial charge in [0, 0.05) is 38.7 Å². The molecule has 0 aromatic heterocycles. The summed E-state index contributed by atoms with van der Waals surface area (Å²) in [5, 5.41) is 3.34. The van der Waals surface area contributed by atoms with Crippen molar-refractivity contribution in [3.63, 3.8) is 0 Å². The molecule has 0 radical (unpaired) electrons. The van der Waals surface area contributed by atoms with E-state index in [0.29, 0.717) is 27.9 Å². The number of benzene rings is 1. The van der Waals surface area contributed by atoms with Gasteiger partial charge in [-0.05, 0) is 12.5 Å². The summed E-state index contributed by atoms with van der Waals surface area (Å²) in [6.07, 6.45) is 0.688. The number of alkyl halides is 1. The molecule has 1 saturated heterocycles. The Morgan fingerprint density at radius 2 is 2.16 bits per heavy atom. The third-order valence-electron chi connectivity index (χ3n) is 4.23. The predicted octanol–water partition coefficient (Wildman–Crippen LogP) is 1.16. The average Bonchev–Trinajstić information content (AvgIpc) is 2.58. The topological polar surface area (TPSA) is 108 Å². The van der Waals surface area contributed by atoms with Crippen LogP contribution in [-0.4, -0.2) is 68.2 Å². The number of hydrogen-bond acceptors (Lipinski definition) is 5.